The van der Waals surface area contributed by atoms with Gasteiger partial charge in [0.05, 0.1) is 30.1 Å². The van der Waals surface area contributed by atoms with Gasteiger partial charge in [-0.3, -0.25) is 9.59 Å². The number of aromatic nitrogens is 2. The van der Waals surface area contributed by atoms with Crippen LogP contribution in [-0.2, 0) is 0 Å². The number of benzene rings is 4. The summed E-state index contributed by atoms with van der Waals surface area (Å²) in [6.07, 6.45) is 3.03. The number of carbonyl (C=O) groups excluding carboxylic acids is 2. The summed E-state index contributed by atoms with van der Waals surface area (Å²) >= 11 is 0. The maximum absolute atomic E-state index is 12.9. The molecule has 2 amide bonds. The summed E-state index contributed by atoms with van der Waals surface area (Å²) < 4.78 is 7.14. The van der Waals surface area contributed by atoms with Crippen LogP contribution in [0.2, 0.25) is 0 Å². The summed E-state index contributed by atoms with van der Waals surface area (Å²) in [5.74, 6) is 0.146. The highest BCUT2D eigenvalue weighted by Crippen LogP contribution is 2.25. The maximum atomic E-state index is 12.9. The Kier molecular flexibility index (Phi) is 8.53. The van der Waals surface area contributed by atoms with Gasteiger partial charge in [-0.25, -0.2) is 4.68 Å². The molecular weight excluding hydrogens is 558 g/mol. The topological polar surface area (TPSA) is 129 Å². The average Bonchev–Trinajstić information content (AvgIpc) is 3.48. The molecule has 0 saturated carbocycles. The number of hydrogen-bond donors (Lipinski definition) is 4. The van der Waals surface area contributed by atoms with Gasteiger partial charge >= 0.3 is 0 Å². The lowest BCUT2D eigenvalue weighted by molar-refractivity contribution is 0.101. The fraction of sp³-hybridized carbons (Fsp3) is 0.206. The molecule has 1 aliphatic rings. The van der Waals surface area contributed by atoms with Crippen molar-refractivity contribution >= 4 is 39.8 Å². The van der Waals surface area contributed by atoms with E-state index in [0.717, 1.165) is 48.2 Å². The zero-order valence-corrected chi connectivity index (χ0v) is 24.0. The number of carbonyl (C=O) groups is 2. The minimum absolute atomic E-state index is 0.0742. The van der Waals surface area contributed by atoms with E-state index in [1.54, 1.807) is 35.1 Å². The zero-order chi connectivity index (χ0) is 30.5. The van der Waals surface area contributed by atoms with Crippen LogP contribution in [-0.4, -0.2) is 64.2 Å². The van der Waals surface area contributed by atoms with Gasteiger partial charge in [0.2, 0.25) is 0 Å². The Bertz CT molecular complexity index is 1740. The molecule has 4 aromatic carbocycles. The van der Waals surface area contributed by atoms with Crippen molar-refractivity contribution in [2.24, 2.45) is 0 Å². The van der Waals surface area contributed by atoms with E-state index in [1.807, 2.05) is 66.7 Å². The fourth-order valence-electron chi connectivity index (χ4n) is 5.22. The van der Waals surface area contributed by atoms with Crippen LogP contribution in [0.5, 0.6) is 5.75 Å². The predicted octanol–water partition coefficient (Wildman–Crippen LogP) is 4.86. The van der Waals surface area contributed by atoms with Gasteiger partial charge in [-0.05, 0) is 104 Å². The van der Waals surface area contributed by atoms with Crippen LogP contribution in [0.3, 0.4) is 0 Å². The number of nitrogens with zero attached hydrogens (tertiary/aromatic N) is 3. The third-order valence-corrected chi connectivity index (χ3v) is 7.63. The molecule has 10 heteroatoms. The molecule has 6 rings (SSSR count). The largest absolute Gasteiger partial charge is 0.491 e. The van der Waals surface area contributed by atoms with E-state index in [-0.39, 0.29) is 31.1 Å². The maximum Gasteiger partial charge on any atom is 0.255 e. The highest BCUT2D eigenvalue weighted by molar-refractivity contribution is 6.05. The number of nitrogens with one attached hydrogen (secondary N) is 2. The van der Waals surface area contributed by atoms with Gasteiger partial charge in [0.25, 0.3) is 11.8 Å². The van der Waals surface area contributed by atoms with Gasteiger partial charge in [-0.2, -0.15) is 5.10 Å². The molecule has 224 valence electrons. The Morgan fingerprint density at radius 1 is 0.795 bits per heavy atom. The zero-order valence-electron chi connectivity index (χ0n) is 24.0. The molecule has 0 bridgehead atoms. The first-order chi connectivity index (χ1) is 21.5. The van der Waals surface area contributed by atoms with Gasteiger partial charge in [-0.15, -0.1) is 0 Å². The Labute approximate surface area is 254 Å². The molecule has 2 heterocycles. The number of hydrogen-bond acceptors (Lipinski definition) is 7. The standard InChI is InChI=1S/C34H33N5O5/c40-19-20-44-31-12-3-24(4-13-31)33(42)36-26-5-10-29(11-6-26)39-32-14-7-27(21-25(32)22-35-39)37-34(43)23-1-8-28(9-2-23)38-17-15-30(41)16-18-38/h1-14,21-22,30,40-41H,15-20H2,(H,36,42)(H,37,43). The summed E-state index contributed by atoms with van der Waals surface area (Å²) in [6.45, 7) is 1.74. The molecule has 0 spiro atoms. The summed E-state index contributed by atoms with van der Waals surface area (Å²) in [5.41, 5.74) is 5.11. The molecule has 44 heavy (non-hydrogen) atoms. The fourth-order valence-corrected chi connectivity index (χ4v) is 5.22. The SMILES string of the molecule is O=C(Nc1ccc(-n2ncc3cc(NC(=O)c4ccc(N5CCC(O)CC5)cc4)ccc32)cc1)c1ccc(OCCO)cc1. The van der Waals surface area contributed by atoms with Crippen molar-refractivity contribution in [3.05, 3.63) is 108 Å². The van der Waals surface area contributed by atoms with Crippen LogP contribution in [0, 0.1) is 0 Å². The number of fused-ring (bicyclic) bond motifs is 1. The molecule has 0 atom stereocenters. The lowest BCUT2D eigenvalue weighted by Gasteiger charge is -2.31. The van der Waals surface area contributed by atoms with Crippen LogP contribution in [0.15, 0.2) is 97.2 Å². The van der Waals surface area contributed by atoms with Crippen LogP contribution in [0.25, 0.3) is 16.6 Å². The van der Waals surface area contributed by atoms with Gasteiger partial charge in [0.1, 0.15) is 12.4 Å². The predicted molar refractivity (Wildman–Crippen MR) is 170 cm³/mol. The monoisotopic (exact) mass is 591 g/mol. The minimum Gasteiger partial charge on any atom is -0.491 e. The lowest BCUT2D eigenvalue weighted by Crippen LogP contribution is -2.35. The summed E-state index contributed by atoms with van der Waals surface area (Å²) in [7, 11) is 0. The van der Waals surface area contributed by atoms with Gasteiger partial charge in [0, 0.05) is 46.7 Å². The second kappa shape index (κ2) is 13.0. The van der Waals surface area contributed by atoms with Crippen molar-refractivity contribution in [1.29, 1.82) is 0 Å². The average molecular weight is 592 g/mol. The van der Waals surface area contributed by atoms with Crippen LogP contribution in [0.4, 0.5) is 17.1 Å². The quantitative estimate of drug-likeness (QED) is 0.193. The number of piperidine rings is 1. The molecule has 0 radical (unpaired) electrons. The first-order valence-corrected chi connectivity index (χ1v) is 14.5. The Balaban J connectivity index is 1.08. The number of ether oxygens (including phenoxy) is 1. The molecule has 0 aliphatic carbocycles. The number of aliphatic hydroxyl groups is 2. The van der Waals surface area contributed by atoms with Crippen LogP contribution in [0.1, 0.15) is 33.6 Å². The molecule has 10 nitrogen and oxygen atoms in total. The molecule has 0 unspecified atom stereocenters. The van der Waals surface area contributed by atoms with Crippen molar-refractivity contribution in [1.82, 2.24) is 9.78 Å². The number of anilines is 3. The van der Waals surface area contributed by atoms with Crippen molar-refractivity contribution in [3.8, 4) is 11.4 Å². The highest BCUT2D eigenvalue weighted by atomic mass is 16.5. The third kappa shape index (κ3) is 6.56. The normalized spacial score (nSPS) is 13.5. The highest BCUT2D eigenvalue weighted by Gasteiger charge is 2.18. The van der Waals surface area contributed by atoms with E-state index in [4.69, 9.17) is 9.84 Å². The summed E-state index contributed by atoms with van der Waals surface area (Å²) in [5, 5.41) is 29.9. The molecule has 5 aromatic rings. The second-order valence-electron chi connectivity index (χ2n) is 10.6. The van der Waals surface area contributed by atoms with E-state index in [2.05, 4.69) is 20.6 Å². The molecule has 4 N–H and O–H groups in total. The minimum atomic E-state index is -0.246. The van der Waals surface area contributed by atoms with Crippen LogP contribution < -0.4 is 20.3 Å². The van der Waals surface area contributed by atoms with E-state index >= 15 is 0 Å². The molecule has 1 saturated heterocycles. The number of rotatable bonds is 9. The van der Waals surface area contributed by atoms with Crippen molar-refractivity contribution in [2.45, 2.75) is 18.9 Å². The van der Waals surface area contributed by atoms with Gasteiger partial charge in [0.15, 0.2) is 0 Å². The van der Waals surface area contributed by atoms with Gasteiger partial charge in [-0.1, -0.05) is 0 Å². The molecular formula is C34H33N5O5. The smallest absolute Gasteiger partial charge is 0.255 e. The Hall–Kier alpha value is -5.19. The summed E-state index contributed by atoms with van der Waals surface area (Å²) in [4.78, 5) is 27.8. The van der Waals surface area contributed by atoms with Crippen molar-refractivity contribution in [3.63, 3.8) is 0 Å². The molecule has 1 fully saturated rings. The van der Waals surface area contributed by atoms with E-state index in [0.29, 0.717) is 28.3 Å². The van der Waals surface area contributed by atoms with Crippen molar-refractivity contribution < 1.29 is 24.5 Å². The van der Waals surface area contributed by atoms with E-state index in [9.17, 15) is 14.7 Å². The van der Waals surface area contributed by atoms with E-state index < -0.39 is 0 Å². The Morgan fingerprint density at radius 2 is 1.39 bits per heavy atom. The molecule has 1 aromatic heterocycles. The first kappa shape index (κ1) is 28.9. The number of amides is 2. The Morgan fingerprint density at radius 3 is 2.05 bits per heavy atom. The van der Waals surface area contributed by atoms with E-state index in [1.165, 1.54) is 0 Å². The van der Waals surface area contributed by atoms with Crippen LogP contribution >= 0.6 is 0 Å². The molecule has 1 aliphatic heterocycles. The number of aliphatic hydroxyl groups excluding tert-OH is 2. The van der Waals surface area contributed by atoms with Gasteiger partial charge < -0.3 is 30.5 Å². The first-order valence-electron chi connectivity index (χ1n) is 14.5. The lowest BCUT2D eigenvalue weighted by atomic mass is 10.1. The van der Waals surface area contributed by atoms with Crippen molar-refractivity contribution in [2.75, 3.05) is 41.8 Å². The third-order valence-electron chi connectivity index (χ3n) is 7.63. The second-order valence-corrected chi connectivity index (χ2v) is 10.6. The summed E-state index contributed by atoms with van der Waals surface area (Å²) in [6, 6.07) is 27.3.